The lowest BCUT2D eigenvalue weighted by Crippen LogP contribution is -2.44. The lowest BCUT2D eigenvalue weighted by molar-refractivity contribution is -0.221. The number of carbonyl (C=O) groups is 2. The first-order chi connectivity index (χ1) is 18.1. The average Bonchev–Trinajstić information content (AvgIpc) is 2.93. The van der Waals surface area contributed by atoms with Crippen molar-refractivity contribution in [3.63, 3.8) is 0 Å². The molecule has 0 radical (unpaired) electrons. The van der Waals surface area contributed by atoms with Gasteiger partial charge in [0.25, 0.3) is 5.79 Å². The Bertz CT molecular complexity index is 1220. The number of ether oxygens (including phenoxy) is 2. The topological polar surface area (TPSA) is 52.6 Å². The van der Waals surface area contributed by atoms with E-state index in [9.17, 15) is 9.59 Å². The summed E-state index contributed by atoms with van der Waals surface area (Å²) in [6.07, 6.45) is 6.45. The predicted molar refractivity (Wildman–Crippen MR) is 146 cm³/mol. The standard InChI is InChI=1S/C33H28O4/c34-31(23-21-27-13-5-1-6-14-27)36-33(25-29-17-9-3-10-18-29,26-30-19-11-4-12-20-30)37-32(35)24-22-28-15-7-2-8-16-28/h1-24H,25-26H2/b23-21+,24-22+. The van der Waals surface area contributed by atoms with Crippen LogP contribution in [0.5, 0.6) is 0 Å². The molecule has 0 N–H and O–H groups in total. The highest BCUT2D eigenvalue weighted by Crippen LogP contribution is 2.27. The summed E-state index contributed by atoms with van der Waals surface area (Å²) in [4.78, 5) is 26.1. The Kier molecular flexibility index (Phi) is 8.82. The highest BCUT2D eigenvalue weighted by atomic mass is 16.7. The number of rotatable bonds is 10. The third kappa shape index (κ3) is 8.18. The van der Waals surface area contributed by atoms with Gasteiger partial charge in [0.15, 0.2) is 0 Å². The fourth-order valence-electron chi connectivity index (χ4n) is 3.93. The van der Waals surface area contributed by atoms with Gasteiger partial charge in [-0.15, -0.1) is 0 Å². The van der Waals surface area contributed by atoms with E-state index in [1.165, 1.54) is 12.2 Å². The van der Waals surface area contributed by atoms with Gasteiger partial charge in [0.1, 0.15) is 0 Å². The summed E-state index contributed by atoms with van der Waals surface area (Å²) in [5.74, 6) is -2.76. The minimum atomic E-state index is -1.56. The van der Waals surface area contributed by atoms with Crippen LogP contribution in [-0.4, -0.2) is 17.7 Å². The molecule has 0 bridgehead atoms. The Morgan fingerprint density at radius 2 is 0.838 bits per heavy atom. The summed E-state index contributed by atoms with van der Waals surface area (Å²) in [7, 11) is 0. The molecule has 4 aromatic rings. The number of carbonyl (C=O) groups excluding carboxylic acids is 2. The van der Waals surface area contributed by atoms with E-state index in [0.717, 1.165) is 22.3 Å². The van der Waals surface area contributed by atoms with Crippen molar-refractivity contribution in [1.82, 2.24) is 0 Å². The van der Waals surface area contributed by atoms with Crippen LogP contribution in [0.2, 0.25) is 0 Å². The van der Waals surface area contributed by atoms with Gasteiger partial charge in [-0.2, -0.15) is 0 Å². The fraction of sp³-hybridized carbons (Fsp3) is 0.0909. The zero-order valence-electron chi connectivity index (χ0n) is 20.4. The van der Waals surface area contributed by atoms with Gasteiger partial charge in [0, 0.05) is 12.2 Å². The molecule has 0 unspecified atom stereocenters. The molecule has 4 nitrogen and oxygen atoms in total. The first-order valence-corrected chi connectivity index (χ1v) is 12.1. The normalized spacial score (nSPS) is 11.5. The van der Waals surface area contributed by atoms with E-state index in [4.69, 9.17) is 9.47 Å². The Morgan fingerprint density at radius 3 is 1.19 bits per heavy atom. The number of hydrogen-bond acceptors (Lipinski definition) is 4. The van der Waals surface area contributed by atoms with Crippen LogP contribution in [0.15, 0.2) is 133 Å². The van der Waals surface area contributed by atoms with Gasteiger partial charge in [-0.05, 0) is 34.4 Å². The maximum Gasteiger partial charge on any atom is 0.334 e. The Labute approximate surface area is 217 Å². The second-order valence-corrected chi connectivity index (χ2v) is 8.57. The van der Waals surface area contributed by atoms with Crippen LogP contribution in [0.4, 0.5) is 0 Å². The Balaban J connectivity index is 1.65. The van der Waals surface area contributed by atoms with Crippen LogP contribution >= 0.6 is 0 Å². The van der Waals surface area contributed by atoms with Crippen LogP contribution < -0.4 is 0 Å². The van der Waals surface area contributed by atoms with Crippen molar-refractivity contribution in [3.8, 4) is 0 Å². The molecule has 0 aliphatic heterocycles. The average molecular weight is 489 g/mol. The molecule has 0 fully saturated rings. The molecule has 0 aliphatic rings. The molecule has 0 aromatic heterocycles. The molecule has 0 saturated carbocycles. The quantitative estimate of drug-likeness (QED) is 0.142. The molecule has 4 rings (SSSR count). The molecule has 184 valence electrons. The van der Waals surface area contributed by atoms with E-state index in [0.29, 0.717) is 0 Å². The van der Waals surface area contributed by atoms with E-state index in [1.807, 2.05) is 121 Å². The second-order valence-electron chi connectivity index (χ2n) is 8.57. The smallest absolute Gasteiger partial charge is 0.334 e. The minimum absolute atomic E-state index is 0.193. The predicted octanol–water partition coefficient (Wildman–Crippen LogP) is 6.68. The molecule has 0 saturated heterocycles. The van der Waals surface area contributed by atoms with Crippen LogP contribution in [-0.2, 0) is 31.9 Å². The summed E-state index contributed by atoms with van der Waals surface area (Å²) in [5.41, 5.74) is 3.47. The number of benzene rings is 4. The molecule has 0 amide bonds. The van der Waals surface area contributed by atoms with Gasteiger partial charge >= 0.3 is 11.9 Å². The third-order valence-electron chi connectivity index (χ3n) is 5.63. The summed E-state index contributed by atoms with van der Waals surface area (Å²) >= 11 is 0. The molecular formula is C33H28O4. The number of hydrogen-bond donors (Lipinski definition) is 0. The summed E-state index contributed by atoms with van der Waals surface area (Å²) in [6, 6.07) is 38.0. The van der Waals surface area contributed by atoms with Crippen molar-refractivity contribution < 1.29 is 19.1 Å². The molecule has 0 spiro atoms. The van der Waals surface area contributed by atoms with Crippen LogP contribution in [0.25, 0.3) is 12.2 Å². The maximum absolute atomic E-state index is 13.1. The zero-order valence-corrected chi connectivity index (χ0v) is 20.4. The summed E-state index contributed by atoms with van der Waals surface area (Å²) < 4.78 is 12.0. The molecular weight excluding hydrogens is 460 g/mol. The SMILES string of the molecule is O=C(/C=C/c1ccccc1)OC(Cc1ccccc1)(Cc1ccccc1)OC(=O)/C=C/c1ccccc1. The van der Waals surface area contributed by atoms with Crippen molar-refractivity contribution in [3.05, 3.63) is 156 Å². The van der Waals surface area contributed by atoms with Crippen LogP contribution in [0, 0.1) is 0 Å². The van der Waals surface area contributed by atoms with Crippen molar-refractivity contribution in [2.24, 2.45) is 0 Å². The first kappa shape index (κ1) is 25.4. The van der Waals surface area contributed by atoms with E-state index in [1.54, 1.807) is 12.2 Å². The van der Waals surface area contributed by atoms with Crippen molar-refractivity contribution >= 4 is 24.1 Å². The van der Waals surface area contributed by atoms with E-state index >= 15 is 0 Å². The number of esters is 2. The minimum Gasteiger partial charge on any atom is -0.419 e. The maximum atomic E-state index is 13.1. The summed E-state index contributed by atoms with van der Waals surface area (Å²) in [6.45, 7) is 0. The highest BCUT2D eigenvalue weighted by Gasteiger charge is 2.38. The molecule has 4 aromatic carbocycles. The van der Waals surface area contributed by atoms with E-state index in [2.05, 4.69) is 0 Å². The van der Waals surface area contributed by atoms with Crippen molar-refractivity contribution in [1.29, 1.82) is 0 Å². The molecule has 0 aliphatic carbocycles. The van der Waals surface area contributed by atoms with Gasteiger partial charge in [0.2, 0.25) is 0 Å². The van der Waals surface area contributed by atoms with Crippen molar-refractivity contribution in [2.75, 3.05) is 0 Å². The Morgan fingerprint density at radius 1 is 0.514 bits per heavy atom. The van der Waals surface area contributed by atoms with E-state index in [-0.39, 0.29) is 12.8 Å². The van der Waals surface area contributed by atoms with Gasteiger partial charge in [-0.3, -0.25) is 0 Å². The second kappa shape index (κ2) is 12.8. The summed E-state index contributed by atoms with van der Waals surface area (Å²) in [5, 5.41) is 0. The molecule has 0 heterocycles. The molecule has 0 atom stereocenters. The lowest BCUT2D eigenvalue weighted by atomic mass is 9.97. The Hall–Kier alpha value is -4.70. The fourth-order valence-corrected chi connectivity index (χ4v) is 3.93. The van der Waals surface area contributed by atoms with Gasteiger partial charge in [0.05, 0.1) is 12.8 Å². The van der Waals surface area contributed by atoms with Crippen molar-refractivity contribution in [2.45, 2.75) is 18.6 Å². The van der Waals surface area contributed by atoms with E-state index < -0.39 is 17.7 Å². The molecule has 37 heavy (non-hydrogen) atoms. The van der Waals surface area contributed by atoms with Gasteiger partial charge < -0.3 is 9.47 Å². The van der Waals surface area contributed by atoms with Crippen LogP contribution in [0.1, 0.15) is 22.3 Å². The third-order valence-corrected chi connectivity index (χ3v) is 5.63. The van der Waals surface area contributed by atoms with Gasteiger partial charge in [-0.25, -0.2) is 9.59 Å². The first-order valence-electron chi connectivity index (χ1n) is 12.1. The highest BCUT2D eigenvalue weighted by molar-refractivity contribution is 5.89. The lowest BCUT2D eigenvalue weighted by Gasteiger charge is -2.32. The largest absolute Gasteiger partial charge is 0.419 e. The van der Waals surface area contributed by atoms with Gasteiger partial charge in [-0.1, -0.05) is 121 Å². The van der Waals surface area contributed by atoms with Crippen LogP contribution in [0.3, 0.4) is 0 Å². The monoisotopic (exact) mass is 488 g/mol. The molecule has 4 heteroatoms. The zero-order chi connectivity index (χ0) is 25.8.